The molecule has 0 atom stereocenters. The zero-order valence-corrected chi connectivity index (χ0v) is 7.66. The molecule has 2 N–H and O–H groups in total. The Bertz CT molecular complexity index is 339. The first-order chi connectivity index (χ1) is 6.22. The molecule has 4 nitrogen and oxygen atoms in total. The number of hydrogen-bond donors (Lipinski definition) is 1. The number of rotatable bonds is 3. The molecule has 1 fully saturated rings. The maximum Gasteiger partial charge on any atom is 0.266 e. The summed E-state index contributed by atoms with van der Waals surface area (Å²) < 4.78 is 1.68. The van der Waals surface area contributed by atoms with Gasteiger partial charge in [-0.1, -0.05) is 0 Å². The molecule has 0 saturated heterocycles. The molecule has 1 aromatic heterocycles. The van der Waals surface area contributed by atoms with Gasteiger partial charge in [-0.15, -0.1) is 0 Å². The number of aromatic nitrogens is 2. The Balaban J connectivity index is 2.36. The summed E-state index contributed by atoms with van der Waals surface area (Å²) in [6.45, 7) is 2.65. The first-order valence-electron chi connectivity index (χ1n) is 4.60. The van der Waals surface area contributed by atoms with E-state index >= 15 is 0 Å². The molecule has 1 aromatic rings. The predicted octanol–water partition coefficient (Wildman–Crippen LogP) is 0.879. The van der Waals surface area contributed by atoms with Crippen LogP contribution in [0.1, 0.15) is 41.9 Å². The summed E-state index contributed by atoms with van der Waals surface area (Å²) in [5.41, 5.74) is 6.78. The van der Waals surface area contributed by atoms with Gasteiger partial charge in [-0.3, -0.25) is 9.48 Å². The topological polar surface area (TPSA) is 60.9 Å². The van der Waals surface area contributed by atoms with Gasteiger partial charge in [-0.05, 0) is 25.8 Å². The Labute approximate surface area is 76.7 Å². The summed E-state index contributed by atoms with van der Waals surface area (Å²) in [5.74, 6) is 0.187. The maximum absolute atomic E-state index is 11.0. The van der Waals surface area contributed by atoms with Crippen molar-refractivity contribution < 1.29 is 4.79 Å². The van der Waals surface area contributed by atoms with Crippen LogP contribution < -0.4 is 5.73 Å². The summed E-state index contributed by atoms with van der Waals surface area (Å²) >= 11 is 0. The van der Waals surface area contributed by atoms with E-state index in [0.29, 0.717) is 18.2 Å². The average molecular weight is 179 g/mol. The van der Waals surface area contributed by atoms with E-state index in [4.69, 9.17) is 5.73 Å². The Morgan fingerprint density at radius 2 is 2.46 bits per heavy atom. The van der Waals surface area contributed by atoms with E-state index in [-0.39, 0.29) is 5.91 Å². The zero-order chi connectivity index (χ0) is 9.42. The van der Waals surface area contributed by atoms with Crippen LogP contribution in [0.4, 0.5) is 0 Å². The van der Waals surface area contributed by atoms with E-state index in [1.807, 2.05) is 13.0 Å². The van der Waals surface area contributed by atoms with Crippen LogP contribution in [0.15, 0.2) is 6.07 Å². The van der Waals surface area contributed by atoms with Gasteiger partial charge in [0.25, 0.3) is 5.91 Å². The Hall–Kier alpha value is -1.32. The Morgan fingerprint density at radius 3 is 2.85 bits per heavy atom. The summed E-state index contributed by atoms with van der Waals surface area (Å²) in [4.78, 5) is 11.0. The molecule has 0 unspecified atom stereocenters. The van der Waals surface area contributed by atoms with Crippen molar-refractivity contribution in [3.63, 3.8) is 0 Å². The highest BCUT2D eigenvalue weighted by Gasteiger charge is 2.27. The lowest BCUT2D eigenvalue weighted by Gasteiger charge is -1.98. The quantitative estimate of drug-likeness (QED) is 0.748. The highest BCUT2D eigenvalue weighted by atomic mass is 16.1. The van der Waals surface area contributed by atoms with Gasteiger partial charge in [-0.25, -0.2) is 0 Å². The van der Waals surface area contributed by atoms with E-state index in [1.165, 1.54) is 12.8 Å². The molecule has 0 aromatic carbocycles. The lowest BCUT2D eigenvalue weighted by atomic mass is 10.2. The third kappa shape index (κ3) is 1.43. The second kappa shape index (κ2) is 2.87. The molecular formula is C9H13N3O. The van der Waals surface area contributed by atoms with E-state index < -0.39 is 0 Å². The molecule has 1 amide bonds. The molecule has 2 rings (SSSR count). The first-order valence-corrected chi connectivity index (χ1v) is 4.60. The monoisotopic (exact) mass is 179 g/mol. The van der Waals surface area contributed by atoms with Crippen LogP contribution in [0, 0.1) is 0 Å². The smallest absolute Gasteiger partial charge is 0.266 e. The average Bonchev–Trinajstić information content (AvgIpc) is 2.84. The molecule has 0 radical (unpaired) electrons. The lowest BCUT2D eigenvalue weighted by molar-refractivity contribution is 0.0990. The van der Waals surface area contributed by atoms with E-state index in [1.54, 1.807) is 4.68 Å². The minimum absolute atomic E-state index is 0.388. The molecule has 1 aliphatic carbocycles. The number of carbonyl (C=O) groups is 1. The summed E-state index contributed by atoms with van der Waals surface area (Å²) in [7, 11) is 0. The van der Waals surface area contributed by atoms with Crippen LogP contribution in [0.5, 0.6) is 0 Å². The van der Waals surface area contributed by atoms with Crippen molar-refractivity contribution in [2.24, 2.45) is 5.73 Å². The minimum atomic E-state index is -0.388. The molecule has 1 saturated carbocycles. The Morgan fingerprint density at radius 1 is 1.77 bits per heavy atom. The van der Waals surface area contributed by atoms with Gasteiger partial charge in [0.15, 0.2) is 0 Å². The molecule has 1 heterocycles. The van der Waals surface area contributed by atoms with Gasteiger partial charge in [0, 0.05) is 12.5 Å². The van der Waals surface area contributed by atoms with Crippen LogP contribution in [0.2, 0.25) is 0 Å². The van der Waals surface area contributed by atoms with Crippen LogP contribution in [0.3, 0.4) is 0 Å². The number of primary amides is 1. The van der Waals surface area contributed by atoms with Crippen molar-refractivity contribution in [1.29, 1.82) is 0 Å². The number of nitrogens with zero attached hydrogens (tertiary/aromatic N) is 2. The third-order valence-electron chi connectivity index (χ3n) is 2.35. The fraction of sp³-hybridized carbons (Fsp3) is 0.556. The van der Waals surface area contributed by atoms with Gasteiger partial charge >= 0.3 is 0 Å². The van der Waals surface area contributed by atoms with Crippen molar-refractivity contribution in [2.45, 2.75) is 32.2 Å². The molecule has 4 heteroatoms. The van der Waals surface area contributed by atoms with Crippen molar-refractivity contribution in [3.05, 3.63) is 17.5 Å². The lowest BCUT2D eigenvalue weighted by Crippen LogP contribution is -2.16. The van der Waals surface area contributed by atoms with Crippen LogP contribution in [0.25, 0.3) is 0 Å². The molecule has 1 aliphatic rings. The van der Waals surface area contributed by atoms with Crippen molar-refractivity contribution in [1.82, 2.24) is 9.78 Å². The Kier molecular flexibility index (Phi) is 1.83. The molecule has 0 aliphatic heterocycles. The second-order valence-corrected chi connectivity index (χ2v) is 3.41. The standard InChI is InChI=1S/C9H13N3O/c1-2-12-8(9(10)13)5-7(11-12)6-3-4-6/h5-6H,2-4H2,1H3,(H2,10,13). The number of aryl methyl sites for hydroxylation is 1. The van der Waals surface area contributed by atoms with Crippen LogP contribution >= 0.6 is 0 Å². The van der Waals surface area contributed by atoms with Crippen LogP contribution in [-0.2, 0) is 6.54 Å². The zero-order valence-electron chi connectivity index (χ0n) is 7.66. The van der Waals surface area contributed by atoms with E-state index in [9.17, 15) is 4.79 Å². The number of amides is 1. The predicted molar refractivity (Wildman–Crippen MR) is 48.4 cm³/mol. The molecule has 0 spiro atoms. The first kappa shape index (κ1) is 8.29. The number of hydrogen-bond acceptors (Lipinski definition) is 2. The third-order valence-corrected chi connectivity index (χ3v) is 2.35. The number of carbonyl (C=O) groups excluding carboxylic acids is 1. The van der Waals surface area contributed by atoms with Crippen LogP contribution in [-0.4, -0.2) is 15.7 Å². The van der Waals surface area contributed by atoms with E-state index in [0.717, 1.165) is 5.69 Å². The summed E-state index contributed by atoms with van der Waals surface area (Å²) in [6.07, 6.45) is 2.39. The molecular weight excluding hydrogens is 166 g/mol. The molecule has 13 heavy (non-hydrogen) atoms. The van der Waals surface area contributed by atoms with Gasteiger partial charge in [0.05, 0.1) is 5.69 Å². The summed E-state index contributed by atoms with van der Waals surface area (Å²) in [6, 6.07) is 1.82. The van der Waals surface area contributed by atoms with E-state index in [2.05, 4.69) is 5.10 Å². The fourth-order valence-electron chi connectivity index (χ4n) is 1.45. The van der Waals surface area contributed by atoms with Gasteiger partial charge < -0.3 is 5.73 Å². The second-order valence-electron chi connectivity index (χ2n) is 3.41. The fourth-order valence-corrected chi connectivity index (χ4v) is 1.45. The molecule has 0 bridgehead atoms. The highest BCUT2D eigenvalue weighted by Crippen LogP contribution is 2.39. The van der Waals surface area contributed by atoms with Gasteiger partial charge in [-0.2, -0.15) is 5.10 Å². The van der Waals surface area contributed by atoms with Crippen molar-refractivity contribution >= 4 is 5.91 Å². The summed E-state index contributed by atoms with van der Waals surface area (Å²) in [5, 5.41) is 4.33. The number of nitrogens with two attached hydrogens (primary N) is 1. The molecule has 70 valence electrons. The SMILES string of the molecule is CCn1nc(C2CC2)cc1C(N)=O. The maximum atomic E-state index is 11.0. The van der Waals surface area contributed by atoms with Crippen molar-refractivity contribution in [2.75, 3.05) is 0 Å². The van der Waals surface area contributed by atoms with Gasteiger partial charge in [0.1, 0.15) is 5.69 Å². The minimum Gasteiger partial charge on any atom is -0.364 e. The largest absolute Gasteiger partial charge is 0.364 e. The van der Waals surface area contributed by atoms with Gasteiger partial charge in [0.2, 0.25) is 0 Å². The highest BCUT2D eigenvalue weighted by molar-refractivity contribution is 5.91. The normalized spacial score (nSPS) is 16.1. The van der Waals surface area contributed by atoms with Crippen molar-refractivity contribution in [3.8, 4) is 0 Å².